The van der Waals surface area contributed by atoms with Crippen LogP contribution in [-0.2, 0) is 0 Å². The van der Waals surface area contributed by atoms with Gasteiger partial charge >= 0.3 is 0 Å². The molecule has 2 heteroatoms. The molecule has 3 atom stereocenters. The lowest BCUT2D eigenvalue weighted by molar-refractivity contribution is -0.894. The first-order chi connectivity index (χ1) is 10.1. The van der Waals surface area contributed by atoms with E-state index in [2.05, 4.69) is 26.3 Å². The van der Waals surface area contributed by atoms with E-state index in [1.165, 1.54) is 88.3 Å². The molecule has 1 aliphatic heterocycles. The van der Waals surface area contributed by atoms with Crippen LogP contribution in [0.4, 0.5) is 0 Å². The fourth-order valence-corrected chi connectivity index (χ4v) is 4.64. The molecule has 2 nitrogen and oxygen atoms in total. The van der Waals surface area contributed by atoms with Gasteiger partial charge in [0.25, 0.3) is 0 Å². The van der Waals surface area contributed by atoms with Gasteiger partial charge in [-0.05, 0) is 57.4 Å². The smallest absolute Gasteiger partial charge is 0.0813 e. The Morgan fingerprint density at radius 3 is 2.38 bits per heavy atom. The van der Waals surface area contributed by atoms with Crippen molar-refractivity contribution in [2.75, 3.05) is 33.7 Å². The summed E-state index contributed by atoms with van der Waals surface area (Å²) in [6, 6.07) is 0.843. The number of unbranched alkanes of at least 4 members (excludes halogenated alkanes) is 1. The molecule has 1 heterocycles. The summed E-state index contributed by atoms with van der Waals surface area (Å²) < 4.78 is 1.25. The van der Waals surface area contributed by atoms with Crippen LogP contribution in [0.2, 0.25) is 0 Å². The predicted molar refractivity (Wildman–Crippen MR) is 92.5 cm³/mol. The van der Waals surface area contributed by atoms with E-state index in [4.69, 9.17) is 0 Å². The van der Waals surface area contributed by atoms with Gasteiger partial charge in [0.05, 0.1) is 27.2 Å². The maximum absolute atomic E-state index is 3.68. The first-order valence-corrected chi connectivity index (χ1v) is 9.66. The van der Waals surface area contributed by atoms with Crippen molar-refractivity contribution in [2.24, 2.45) is 11.8 Å². The van der Waals surface area contributed by atoms with Crippen molar-refractivity contribution in [3.05, 3.63) is 0 Å². The Hall–Kier alpha value is -0.0800. The van der Waals surface area contributed by atoms with Crippen LogP contribution >= 0.6 is 0 Å². The number of quaternary nitrogens is 1. The molecule has 0 spiro atoms. The van der Waals surface area contributed by atoms with Gasteiger partial charge in [0.2, 0.25) is 0 Å². The van der Waals surface area contributed by atoms with Crippen LogP contribution in [0.15, 0.2) is 0 Å². The third-order valence-corrected chi connectivity index (χ3v) is 5.96. The number of rotatable bonds is 8. The lowest BCUT2D eigenvalue weighted by atomic mass is 9.76. The molecule has 1 saturated carbocycles. The number of nitrogens with zero attached hydrogens (tertiary/aromatic N) is 1. The van der Waals surface area contributed by atoms with Gasteiger partial charge in [-0.25, -0.2) is 0 Å². The average molecular weight is 296 g/mol. The molecule has 0 aromatic heterocycles. The van der Waals surface area contributed by atoms with Crippen molar-refractivity contribution in [2.45, 2.75) is 77.2 Å². The van der Waals surface area contributed by atoms with Crippen LogP contribution in [0, 0.1) is 11.8 Å². The van der Waals surface area contributed by atoms with Crippen LogP contribution in [0.1, 0.15) is 71.1 Å². The second-order valence-corrected chi connectivity index (χ2v) is 8.37. The Morgan fingerprint density at radius 1 is 0.952 bits per heavy atom. The quantitative estimate of drug-likeness (QED) is 0.662. The summed E-state index contributed by atoms with van der Waals surface area (Å²) in [6.45, 7) is 6.37. The number of nitrogens with one attached hydrogen (secondary N) is 1. The summed E-state index contributed by atoms with van der Waals surface area (Å²) in [4.78, 5) is 0. The van der Waals surface area contributed by atoms with E-state index >= 15 is 0 Å². The van der Waals surface area contributed by atoms with Crippen molar-refractivity contribution in [3.8, 4) is 0 Å². The topological polar surface area (TPSA) is 12.0 Å². The SMILES string of the molecule is CCCC[N+](C)(C)C[C@H]1CCCC[C@H]1CC[C@@H]1CCCN1. The summed E-state index contributed by atoms with van der Waals surface area (Å²) >= 11 is 0. The highest BCUT2D eigenvalue weighted by molar-refractivity contribution is 4.80. The van der Waals surface area contributed by atoms with E-state index < -0.39 is 0 Å². The molecule has 1 aliphatic carbocycles. The van der Waals surface area contributed by atoms with Crippen molar-refractivity contribution in [1.82, 2.24) is 5.32 Å². The molecule has 0 amide bonds. The maximum Gasteiger partial charge on any atom is 0.0813 e. The summed E-state index contributed by atoms with van der Waals surface area (Å²) in [7, 11) is 4.92. The first-order valence-electron chi connectivity index (χ1n) is 9.66. The fourth-order valence-electron chi connectivity index (χ4n) is 4.64. The Kier molecular flexibility index (Phi) is 7.01. The van der Waals surface area contributed by atoms with Gasteiger partial charge in [-0.3, -0.25) is 0 Å². The Labute approximate surface area is 133 Å². The van der Waals surface area contributed by atoms with Crippen molar-refractivity contribution >= 4 is 0 Å². The van der Waals surface area contributed by atoms with Crippen LogP contribution in [0.5, 0.6) is 0 Å². The third kappa shape index (κ3) is 5.90. The van der Waals surface area contributed by atoms with Gasteiger partial charge in [-0.1, -0.05) is 26.2 Å². The van der Waals surface area contributed by atoms with Crippen LogP contribution < -0.4 is 5.32 Å². The molecule has 1 saturated heterocycles. The highest BCUT2D eigenvalue weighted by Gasteiger charge is 2.31. The summed E-state index contributed by atoms with van der Waals surface area (Å²) in [5.74, 6) is 2.01. The van der Waals surface area contributed by atoms with E-state index in [1.807, 2.05) is 0 Å². The van der Waals surface area contributed by atoms with E-state index in [-0.39, 0.29) is 0 Å². The molecule has 0 radical (unpaired) electrons. The minimum Gasteiger partial charge on any atom is -0.328 e. The summed E-state index contributed by atoms with van der Waals surface area (Å²) in [5.41, 5.74) is 0. The molecule has 1 N–H and O–H groups in total. The standard InChI is InChI=1S/C19H39N2/c1-4-5-15-21(2,3)16-18-10-7-6-9-17(18)12-13-19-11-8-14-20-19/h17-20H,4-16H2,1-3H3/q+1/t17-,18+,19-/m0/s1. The van der Waals surface area contributed by atoms with Crippen molar-refractivity contribution in [1.29, 1.82) is 0 Å². The second-order valence-electron chi connectivity index (χ2n) is 8.37. The van der Waals surface area contributed by atoms with E-state index in [0.29, 0.717) is 0 Å². The first kappa shape index (κ1) is 17.3. The minimum absolute atomic E-state index is 0.843. The van der Waals surface area contributed by atoms with E-state index in [9.17, 15) is 0 Å². The summed E-state index contributed by atoms with van der Waals surface area (Å²) in [5, 5.41) is 3.68. The lowest BCUT2D eigenvalue weighted by Crippen LogP contribution is -2.46. The van der Waals surface area contributed by atoms with E-state index in [1.54, 1.807) is 0 Å². The van der Waals surface area contributed by atoms with Crippen molar-refractivity contribution in [3.63, 3.8) is 0 Å². The molecule has 2 aliphatic rings. The highest BCUT2D eigenvalue weighted by Crippen LogP contribution is 2.35. The highest BCUT2D eigenvalue weighted by atomic mass is 15.3. The maximum atomic E-state index is 3.68. The molecule has 0 aromatic carbocycles. The monoisotopic (exact) mass is 295 g/mol. The van der Waals surface area contributed by atoms with Gasteiger partial charge in [-0.15, -0.1) is 0 Å². The normalized spacial score (nSPS) is 30.7. The molecule has 2 fully saturated rings. The van der Waals surface area contributed by atoms with Crippen LogP contribution in [0.25, 0.3) is 0 Å². The Balaban J connectivity index is 1.79. The van der Waals surface area contributed by atoms with Crippen molar-refractivity contribution < 1.29 is 4.48 Å². The molecule has 21 heavy (non-hydrogen) atoms. The third-order valence-electron chi connectivity index (χ3n) is 5.96. The molecular formula is C19H39N2+. The van der Waals surface area contributed by atoms with Gasteiger partial charge in [0, 0.05) is 12.0 Å². The molecular weight excluding hydrogens is 256 g/mol. The lowest BCUT2D eigenvalue weighted by Gasteiger charge is -2.39. The Morgan fingerprint density at radius 2 is 1.71 bits per heavy atom. The zero-order valence-corrected chi connectivity index (χ0v) is 14.9. The Bertz CT molecular complexity index is 281. The average Bonchev–Trinajstić information content (AvgIpc) is 2.97. The van der Waals surface area contributed by atoms with Gasteiger partial charge < -0.3 is 9.80 Å². The van der Waals surface area contributed by atoms with Gasteiger partial charge in [0.15, 0.2) is 0 Å². The van der Waals surface area contributed by atoms with Gasteiger partial charge in [-0.2, -0.15) is 0 Å². The molecule has 0 aromatic rings. The van der Waals surface area contributed by atoms with E-state index in [0.717, 1.165) is 17.9 Å². The predicted octanol–water partition coefficient (Wildman–Crippen LogP) is 4.20. The molecule has 124 valence electrons. The van der Waals surface area contributed by atoms with Crippen LogP contribution in [-0.4, -0.2) is 44.3 Å². The summed E-state index contributed by atoms with van der Waals surface area (Å²) in [6.07, 6.45) is 14.4. The largest absolute Gasteiger partial charge is 0.328 e. The number of hydrogen-bond acceptors (Lipinski definition) is 1. The van der Waals surface area contributed by atoms with Crippen LogP contribution in [0.3, 0.4) is 0 Å². The zero-order chi connectivity index (χ0) is 15.1. The fraction of sp³-hybridized carbons (Fsp3) is 1.00. The molecule has 2 rings (SSSR count). The molecule has 0 bridgehead atoms. The number of hydrogen-bond donors (Lipinski definition) is 1. The molecule has 0 unspecified atom stereocenters. The second kappa shape index (κ2) is 8.53. The van der Waals surface area contributed by atoms with Gasteiger partial charge in [0.1, 0.15) is 0 Å². The zero-order valence-electron chi connectivity index (χ0n) is 14.9. The minimum atomic E-state index is 0.843.